The van der Waals surface area contributed by atoms with E-state index in [1.807, 2.05) is 19.1 Å². The summed E-state index contributed by atoms with van der Waals surface area (Å²) in [5, 5.41) is 9.54. The molecule has 0 saturated heterocycles. The third-order valence-corrected chi connectivity index (χ3v) is 3.93. The van der Waals surface area contributed by atoms with E-state index in [4.69, 9.17) is 16.3 Å². The third-order valence-electron chi connectivity index (χ3n) is 3.70. The minimum atomic E-state index is -0.492. The number of aromatic amines is 1. The second-order valence-electron chi connectivity index (χ2n) is 5.33. The molecular formula is C17H20ClN3O3. The van der Waals surface area contributed by atoms with Crippen molar-refractivity contribution >= 4 is 17.5 Å². The van der Waals surface area contributed by atoms with Crippen LogP contribution in [-0.2, 0) is 6.42 Å². The maximum absolute atomic E-state index is 12.3. The Morgan fingerprint density at radius 2 is 2.12 bits per heavy atom. The monoisotopic (exact) mass is 349 g/mol. The van der Waals surface area contributed by atoms with Crippen molar-refractivity contribution in [2.75, 3.05) is 13.2 Å². The van der Waals surface area contributed by atoms with E-state index in [2.05, 4.69) is 15.5 Å². The first-order valence-corrected chi connectivity index (χ1v) is 8.07. The highest BCUT2D eigenvalue weighted by Crippen LogP contribution is 2.23. The van der Waals surface area contributed by atoms with Crippen molar-refractivity contribution in [3.63, 3.8) is 0 Å². The van der Waals surface area contributed by atoms with Gasteiger partial charge in [0.25, 0.3) is 11.5 Å². The zero-order valence-corrected chi connectivity index (χ0v) is 14.7. The lowest BCUT2D eigenvalue weighted by atomic mass is 10.1. The van der Waals surface area contributed by atoms with Gasteiger partial charge in [0.05, 0.1) is 12.3 Å². The average molecular weight is 350 g/mol. The van der Waals surface area contributed by atoms with Gasteiger partial charge in [-0.05, 0) is 56.5 Å². The molecule has 128 valence electrons. The molecule has 1 aromatic carbocycles. The molecular weight excluding hydrogens is 330 g/mol. The molecule has 2 N–H and O–H groups in total. The van der Waals surface area contributed by atoms with Crippen LogP contribution in [0, 0.1) is 13.8 Å². The first-order chi connectivity index (χ1) is 11.4. The van der Waals surface area contributed by atoms with Gasteiger partial charge >= 0.3 is 0 Å². The third kappa shape index (κ3) is 4.14. The topological polar surface area (TPSA) is 84.1 Å². The summed E-state index contributed by atoms with van der Waals surface area (Å²) in [4.78, 5) is 24.1. The number of nitrogens with one attached hydrogen (secondary N) is 2. The molecule has 2 aromatic rings. The summed E-state index contributed by atoms with van der Waals surface area (Å²) in [6.45, 7) is 6.26. The van der Waals surface area contributed by atoms with Crippen molar-refractivity contribution in [2.45, 2.75) is 27.2 Å². The van der Waals surface area contributed by atoms with E-state index in [1.165, 1.54) is 0 Å². The molecule has 0 aliphatic heterocycles. The fraction of sp³-hybridized carbons (Fsp3) is 0.353. The van der Waals surface area contributed by atoms with Gasteiger partial charge in [-0.3, -0.25) is 9.59 Å². The van der Waals surface area contributed by atoms with Crippen LogP contribution in [0.25, 0.3) is 0 Å². The molecule has 0 unspecified atom stereocenters. The largest absolute Gasteiger partial charge is 0.494 e. The van der Waals surface area contributed by atoms with Gasteiger partial charge in [0.1, 0.15) is 11.3 Å². The van der Waals surface area contributed by atoms with Crippen LogP contribution in [0.3, 0.4) is 0 Å². The van der Waals surface area contributed by atoms with Gasteiger partial charge in [-0.15, -0.1) is 0 Å². The highest BCUT2D eigenvalue weighted by molar-refractivity contribution is 6.30. The van der Waals surface area contributed by atoms with Crippen LogP contribution in [0.4, 0.5) is 0 Å². The average Bonchev–Trinajstić information content (AvgIpc) is 2.54. The Labute approximate surface area is 145 Å². The molecule has 24 heavy (non-hydrogen) atoms. The maximum atomic E-state index is 12.3. The van der Waals surface area contributed by atoms with Gasteiger partial charge in [-0.1, -0.05) is 11.6 Å². The molecule has 0 bridgehead atoms. The first kappa shape index (κ1) is 18.0. The van der Waals surface area contributed by atoms with E-state index in [9.17, 15) is 9.59 Å². The first-order valence-electron chi connectivity index (χ1n) is 7.69. The normalized spacial score (nSPS) is 10.5. The van der Waals surface area contributed by atoms with E-state index in [0.717, 1.165) is 11.3 Å². The number of hydrogen-bond donors (Lipinski definition) is 2. The lowest BCUT2D eigenvalue weighted by Gasteiger charge is -2.12. The number of ether oxygens (including phenoxy) is 1. The van der Waals surface area contributed by atoms with Crippen molar-refractivity contribution in [2.24, 2.45) is 0 Å². The van der Waals surface area contributed by atoms with E-state index in [1.54, 1.807) is 19.9 Å². The SMILES string of the molecule is CCOc1ccc(Cl)cc1CCNC(=O)c1c(C)c(C)n[nH]c1=O. The van der Waals surface area contributed by atoms with Crippen LogP contribution >= 0.6 is 11.6 Å². The standard InChI is InChI=1S/C17H20ClN3O3/c1-4-24-14-6-5-13(18)9-12(14)7-8-19-16(22)15-10(2)11(3)20-21-17(15)23/h5-6,9H,4,7-8H2,1-3H3,(H,19,22)(H,21,23). The van der Waals surface area contributed by atoms with Gasteiger partial charge < -0.3 is 10.1 Å². The highest BCUT2D eigenvalue weighted by atomic mass is 35.5. The van der Waals surface area contributed by atoms with Crippen LogP contribution in [0.5, 0.6) is 5.75 Å². The molecule has 0 spiro atoms. The fourth-order valence-corrected chi connectivity index (χ4v) is 2.53. The molecule has 0 fully saturated rings. The fourth-order valence-electron chi connectivity index (χ4n) is 2.34. The van der Waals surface area contributed by atoms with Gasteiger partial charge in [0.15, 0.2) is 0 Å². The van der Waals surface area contributed by atoms with Gasteiger partial charge in [-0.2, -0.15) is 5.10 Å². The lowest BCUT2D eigenvalue weighted by molar-refractivity contribution is 0.0951. The molecule has 1 heterocycles. The Kier molecular flexibility index (Phi) is 5.98. The summed E-state index contributed by atoms with van der Waals surface area (Å²) < 4.78 is 5.55. The summed E-state index contributed by atoms with van der Waals surface area (Å²) in [5.74, 6) is 0.323. The number of halogens is 1. The van der Waals surface area contributed by atoms with E-state index in [-0.39, 0.29) is 5.56 Å². The summed E-state index contributed by atoms with van der Waals surface area (Å²) >= 11 is 6.02. The number of amides is 1. The van der Waals surface area contributed by atoms with Crippen molar-refractivity contribution in [1.29, 1.82) is 0 Å². The lowest BCUT2D eigenvalue weighted by Crippen LogP contribution is -2.33. The molecule has 6 nitrogen and oxygen atoms in total. The highest BCUT2D eigenvalue weighted by Gasteiger charge is 2.16. The molecule has 0 atom stereocenters. The predicted octanol–water partition coefficient (Wildman–Crippen LogP) is 2.41. The number of aryl methyl sites for hydroxylation is 1. The number of benzene rings is 1. The van der Waals surface area contributed by atoms with E-state index in [0.29, 0.717) is 35.9 Å². The van der Waals surface area contributed by atoms with Crippen LogP contribution in [0.15, 0.2) is 23.0 Å². The van der Waals surface area contributed by atoms with E-state index >= 15 is 0 Å². The summed E-state index contributed by atoms with van der Waals surface area (Å²) in [6, 6.07) is 5.38. The predicted molar refractivity (Wildman–Crippen MR) is 93.0 cm³/mol. The smallest absolute Gasteiger partial charge is 0.277 e. The minimum absolute atomic E-state index is 0.0959. The number of hydrogen-bond acceptors (Lipinski definition) is 4. The molecule has 0 saturated carbocycles. The van der Waals surface area contributed by atoms with Crippen LogP contribution < -0.4 is 15.6 Å². The van der Waals surface area contributed by atoms with Gasteiger partial charge in [0.2, 0.25) is 0 Å². The number of rotatable bonds is 6. The molecule has 0 aliphatic carbocycles. The quantitative estimate of drug-likeness (QED) is 0.838. The molecule has 0 radical (unpaired) electrons. The Hall–Kier alpha value is -2.34. The Morgan fingerprint density at radius 3 is 2.83 bits per heavy atom. The maximum Gasteiger partial charge on any atom is 0.277 e. The number of aromatic nitrogens is 2. The minimum Gasteiger partial charge on any atom is -0.494 e. The van der Waals surface area contributed by atoms with Crippen LogP contribution in [-0.4, -0.2) is 29.3 Å². The molecule has 7 heteroatoms. The van der Waals surface area contributed by atoms with Gasteiger partial charge in [-0.25, -0.2) is 5.10 Å². The number of carbonyl (C=O) groups excluding carboxylic acids is 1. The van der Waals surface area contributed by atoms with Crippen molar-refractivity contribution < 1.29 is 9.53 Å². The molecule has 1 amide bonds. The van der Waals surface area contributed by atoms with Crippen molar-refractivity contribution in [1.82, 2.24) is 15.5 Å². The second kappa shape index (κ2) is 7.97. The second-order valence-corrected chi connectivity index (χ2v) is 5.77. The Balaban J connectivity index is 2.08. The number of carbonyl (C=O) groups is 1. The van der Waals surface area contributed by atoms with Gasteiger partial charge in [0, 0.05) is 11.6 Å². The zero-order chi connectivity index (χ0) is 17.7. The molecule has 1 aromatic heterocycles. The molecule has 2 rings (SSSR count). The van der Waals surface area contributed by atoms with Crippen molar-refractivity contribution in [3.8, 4) is 5.75 Å². The van der Waals surface area contributed by atoms with Crippen molar-refractivity contribution in [3.05, 3.63) is 56.0 Å². The van der Waals surface area contributed by atoms with E-state index < -0.39 is 11.5 Å². The number of nitrogens with zero attached hydrogens (tertiary/aromatic N) is 1. The zero-order valence-electron chi connectivity index (χ0n) is 13.9. The Bertz CT molecular complexity index is 802. The number of H-pyrrole nitrogens is 1. The van der Waals surface area contributed by atoms with Crippen LogP contribution in [0.2, 0.25) is 5.02 Å². The Morgan fingerprint density at radius 1 is 1.38 bits per heavy atom. The molecule has 0 aliphatic rings. The summed E-state index contributed by atoms with van der Waals surface area (Å²) in [5.41, 5.74) is 1.70. The van der Waals surface area contributed by atoms with Crippen LogP contribution in [0.1, 0.15) is 34.1 Å². The summed E-state index contributed by atoms with van der Waals surface area (Å²) in [6.07, 6.45) is 0.544. The summed E-state index contributed by atoms with van der Waals surface area (Å²) in [7, 11) is 0.